The lowest BCUT2D eigenvalue weighted by Gasteiger charge is -2.30. The molecule has 2 aliphatic rings. The topological polar surface area (TPSA) is 36.4 Å². The minimum atomic E-state index is 0.0645. The van der Waals surface area contributed by atoms with Crippen LogP contribution in [0.4, 0.5) is 11.5 Å². The summed E-state index contributed by atoms with van der Waals surface area (Å²) in [6.07, 6.45) is 4.43. The van der Waals surface area contributed by atoms with E-state index < -0.39 is 0 Å². The highest BCUT2D eigenvalue weighted by Crippen LogP contribution is 2.32. The summed E-state index contributed by atoms with van der Waals surface area (Å²) in [5, 5.41) is 0. The SMILES string of the molecule is O=C(c1cccc(N2CCCc3ccccc32)n1)N1CCCC1. The first-order valence-corrected chi connectivity index (χ1v) is 8.45. The standard InChI is InChI=1S/C19H21N3O/c23-19(21-12-3-4-13-21)16-9-5-11-18(20-16)22-14-6-8-15-7-1-2-10-17(15)22/h1-2,5,7,9-11H,3-4,6,8,12-14H2. The number of carbonyl (C=O) groups excluding carboxylic acids is 1. The van der Waals surface area contributed by atoms with Crippen LogP contribution < -0.4 is 4.90 Å². The van der Waals surface area contributed by atoms with Gasteiger partial charge in [0.05, 0.1) is 0 Å². The third kappa shape index (κ3) is 2.69. The molecule has 0 aliphatic carbocycles. The quantitative estimate of drug-likeness (QED) is 0.853. The minimum absolute atomic E-state index is 0.0645. The van der Waals surface area contributed by atoms with Crippen LogP contribution in [0.5, 0.6) is 0 Å². The molecule has 0 N–H and O–H groups in total. The summed E-state index contributed by atoms with van der Waals surface area (Å²) >= 11 is 0. The average Bonchev–Trinajstić information content (AvgIpc) is 3.15. The number of para-hydroxylation sites is 1. The Bertz CT molecular complexity index is 722. The number of pyridine rings is 1. The van der Waals surface area contributed by atoms with Crippen molar-refractivity contribution in [2.24, 2.45) is 0 Å². The molecule has 0 saturated carbocycles. The lowest BCUT2D eigenvalue weighted by atomic mass is 10.0. The maximum Gasteiger partial charge on any atom is 0.272 e. The molecule has 4 heteroatoms. The van der Waals surface area contributed by atoms with Crippen molar-refractivity contribution >= 4 is 17.4 Å². The Balaban J connectivity index is 1.66. The molecule has 1 amide bonds. The molecule has 1 saturated heterocycles. The van der Waals surface area contributed by atoms with Crippen LogP contribution in [-0.2, 0) is 6.42 Å². The number of nitrogens with zero attached hydrogens (tertiary/aromatic N) is 3. The van der Waals surface area contributed by atoms with Crippen molar-refractivity contribution in [1.82, 2.24) is 9.88 Å². The van der Waals surface area contributed by atoms with Crippen molar-refractivity contribution in [3.63, 3.8) is 0 Å². The van der Waals surface area contributed by atoms with Crippen LogP contribution >= 0.6 is 0 Å². The van der Waals surface area contributed by atoms with Crippen molar-refractivity contribution in [2.45, 2.75) is 25.7 Å². The minimum Gasteiger partial charge on any atom is -0.337 e. The molecule has 4 nitrogen and oxygen atoms in total. The number of rotatable bonds is 2. The van der Waals surface area contributed by atoms with Crippen LogP contribution in [0, 0.1) is 0 Å². The number of hydrogen-bond donors (Lipinski definition) is 0. The predicted molar refractivity (Wildman–Crippen MR) is 91.1 cm³/mol. The summed E-state index contributed by atoms with van der Waals surface area (Å²) in [6.45, 7) is 2.67. The number of benzene rings is 1. The van der Waals surface area contributed by atoms with Gasteiger partial charge in [-0.05, 0) is 49.4 Å². The molecule has 1 aromatic heterocycles. The van der Waals surface area contributed by atoms with Crippen molar-refractivity contribution in [3.05, 3.63) is 53.7 Å². The Morgan fingerprint density at radius 3 is 2.61 bits per heavy atom. The number of aryl methyl sites for hydroxylation is 1. The van der Waals surface area contributed by atoms with Gasteiger partial charge in [-0.25, -0.2) is 4.98 Å². The Morgan fingerprint density at radius 1 is 0.913 bits per heavy atom. The van der Waals surface area contributed by atoms with E-state index in [2.05, 4.69) is 34.1 Å². The highest BCUT2D eigenvalue weighted by Gasteiger charge is 2.23. The fraction of sp³-hybridized carbons (Fsp3) is 0.368. The number of fused-ring (bicyclic) bond motifs is 1. The molecule has 0 unspecified atom stereocenters. The Morgan fingerprint density at radius 2 is 1.74 bits per heavy atom. The number of likely N-dealkylation sites (tertiary alicyclic amines) is 1. The average molecular weight is 307 g/mol. The van der Waals surface area contributed by atoms with Gasteiger partial charge in [0.25, 0.3) is 5.91 Å². The van der Waals surface area contributed by atoms with Gasteiger partial charge in [0.1, 0.15) is 11.5 Å². The van der Waals surface area contributed by atoms with E-state index >= 15 is 0 Å². The molecule has 1 aromatic carbocycles. The molecule has 4 rings (SSSR count). The van der Waals surface area contributed by atoms with Gasteiger partial charge in [0, 0.05) is 25.3 Å². The summed E-state index contributed by atoms with van der Waals surface area (Å²) in [5.41, 5.74) is 3.14. The number of hydrogen-bond acceptors (Lipinski definition) is 3. The Labute approximate surface area is 136 Å². The van der Waals surface area contributed by atoms with Gasteiger partial charge in [-0.2, -0.15) is 0 Å². The third-order valence-corrected chi connectivity index (χ3v) is 4.73. The summed E-state index contributed by atoms with van der Waals surface area (Å²) in [7, 11) is 0. The van der Waals surface area contributed by atoms with Gasteiger partial charge in [-0.15, -0.1) is 0 Å². The lowest BCUT2D eigenvalue weighted by Crippen LogP contribution is -2.30. The van der Waals surface area contributed by atoms with Crippen molar-refractivity contribution in [3.8, 4) is 0 Å². The molecule has 0 bridgehead atoms. The molecule has 118 valence electrons. The fourth-order valence-corrected chi connectivity index (χ4v) is 3.55. The summed E-state index contributed by atoms with van der Waals surface area (Å²) in [6, 6.07) is 14.3. The number of anilines is 2. The zero-order chi connectivity index (χ0) is 15.6. The largest absolute Gasteiger partial charge is 0.337 e. The number of carbonyl (C=O) groups is 1. The van der Waals surface area contributed by atoms with E-state index in [0.29, 0.717) is 5.69 Å². The van der Waals surface area contributed by atoms with E-state index in [0.717, 1.165) is 51.1 Å². The summed E-state index contributed by atoms with van der Waals surface area (Å²) < 4.78 is 0. The number of amides is 1. The maximum absolute atomic E-state index is 12.6. The molecular weight excluding hydrogens is 286 g/mol. The van der Waals surface area contributed by atoms with E-state index in [9.17, 15) is 4.79 Å². The van der Waals surface area contributed by atoms with Crippen LogP contribution in [0.3, 0.4) is 0 Å². The van der Waals surface area contributed by atoms with Gasteiger partial charge in [-0.3, -0.25) is 4.79 Å². The van der Waals surface area contributed by atoms with Gasteiger partial charge in [0.2, 0.25) is 0 Å². The normalized spacial score (nSPS) is 17.2. The van der Waals surface area contributed by atoms with Crippen LogP contribution in [0.25, 0.3) is 0 Å². The van der Waals surface area contributed by atoms with Crippen LogP contribution in [0.1, 0.15) is 35.3 Å². The second kappa shape index (κ2) is 6.03. The molecule has 0 atom stereocenters. The summed E-state index contributed by atoms with van der Waals surface area (Å²) in [4.78, 5) is 21.4. The van der Waals surface area contributed by atoms with E-state index in [-0.39, 0.29) is 5.91 Å². The van der Waals surface area contributed by atoms with Gasteiger partial charge >= 0.3 is 0 Å². The second-order valence-corrected chi connectivity index (χ2v) is 6.26. The smallest absolute Gasteiger partial charge is 0.272 e. The van der Waals surface area contributed by atoms with E-state index in [4.69, 9.17) is 0 Å². The Hall–Kier alpha value is -2.36. The third-order valence-electron chi connectivity index (χ3n) is 4.73. The molecule has 3 heterocycles. The van der Waals surface area contributed by atoms with Gasteiger partial charge in [-0.1, -0.05) is 24.3 Å². The number of aromatic nitrogens is 1. The van der Waals surface area contributed by atoms with Crippen molar-refractivity contribution < 1.29 is 4.79 Å². The van der Waals surface area contributed by atoms with Gasteiger partial charge < -0.3 is 9.80 Å². The molecular formula is C19H21N3O. The highest BCUT2D eigenvalue weighted by atomic mass is 16.2. The first-order chi connectivity index (χ1) is 11.3. The van der Waals surface area contributed by atoms with Gasteiger partial charge in [0.15, 0.2) is 0 Å². The van der Waals surface area contributed by atoms with E-state index in [1.165, 1.54) is 11.3 Å². The molecule has 0 radical (unpaired) electrons. The second-order valence-electron chi connectivity index (χ2n) is 6.26. The zero-order valence-electron chi connectivity index (χ0n) is 13.2. The van der Waals surface area contributed by atoms with Crippen molar-refractivity contribution in [2.75, 3.05) is 24.5 Å². The molecule has 23 heavy (non-hydrogen) atoms. The van der Waals surface area contributed by atoms with Crippen LogP contribution in [0.2, 0.25) is 0 Å². The predicted octanol–water partition coefficient (Wildman–Crippen LogP) is 3.40. The molecule has 1 fully saturated rings. The molecule has 2 aliphatic heterocycles. The van der Waals surface area contributed by atoms with Crippen LogP contribution in [-0.4, -0.2) is 35.4 Å². The highest BCUT2D eigenvalue weighted by molar-refractivity contribution is 5.93. The van der Waals surface area contributed by atoms with Crippen molar-refractivity contribution in [1.29, 1.82) is 0 Å². The van der Waals surface area contributed by atoms with E-state index in [1.807, 2.05) is 23.1 Å². The monoisotopic (exact) mass is 307 g/mol. The zero-order valence-corrected chi connectivity index (χ0v) is 13.2. The molecule has 2 aromatic rings. The fourth-order valence-electron chi connectivity index (χ4n) is 3.55. The molecule has 0 spiro atoms. The van der Waals surface area contributed by atoms with Crippen LogP contribution in [0.15, 0.2) is 42.5 Å². The van der Waals surface area contributed by atoms with E-state index in [1.54, 1.807) is 0 Å². The summed E-state index contributed by atoms with van der Waals surface area (Å²) in [5.74, 6) is 0.942. The lowest BCUT2D eigenvalue weighted by molar-refractivity contribution is 0.0787. The Kier molecular flexibility index (Phi) is 3.74. The first-order valence-electron chi connectivity index (χ1n) is 8.45. The first kappa shape index (κ1) is 14.2. The maximum atomic E-state index is 12.6.